The van der Waals surface area contributed by atoms with Gasteiger partial charge in [0, 0.05) is 5.92 Å². The van der Waals surface area contributed by atoms with Gasteiger partial charge in [0.1, 0.15) is 5.75 Å². The average Bonchev–Trinajstić information content (AvgIpc) is 2.79. The van der Waals surface area contributed by atoms with Gasteiger partial charge in [0.05, 0.1) is 12.8 Å². The van der Waals surface area contributed by atoms with E-state index < -0.39 is 0 Å². The maximum atomic E-state index is 5.46. The minimum Gasteiger partial charge on any atom is -0.494 e. The summed E-state index contributed by atoms with van der Waals surface area (Å²) in [5, 5.41) is 11.3. The Morgan fingerprint density at radius 3 is 3.00 bits per heavy atom. The van der Waals surface area contributed by atoms with E-state index in [1.165, 1.54) is 0 Å². The molecule has 0 unspecified atom stereocenters. The number of hydrogen-bond donors (Lipinski definition) is 1. The summed E-state index contributed by atoms with van der Waals surface area (Å²) in [6.45, 7) is 6.70. The zero-order valence-corrected chi connectivity index (χ0v) is 12.6. The molecular weight excluding hydrogens is 272 g/mol. The second-order valence-electron chi connectivity index (χ2n) is 4.60. The van der Waals surface area contributed by atoms with Gasteiger partial charge in [0.25, 0.3) is 0 Å². The van der Waals surface area contributed by atoms with Gasteiger partial charge in [-0.3, -0.25) is 5.10 Å². The third-order valence-electron chi connectivity index (χ3n) is 2.68. The van der Waals surface area contributed by atoms with Crippen LogP contribution in [0.4, 0.5) is 0 Å². The predicted octanol–water partition coefficient (Wildman–Crippen LogP) is 3.34. The van der Waals surface area contributed by atoms with Crippen LogP contribution in [-0.2, 0) is 0 Å². The monoisotopic (exact) mass is 290 g/mol. The van der Waals surface area contributed by atoms with Crippen LogP contribution in [0.5, 0.6) is 5.75 Å². The topological polar surface area (TPSA) is 55.2 Å². The summed E-state index contributed by atoms with van der Waals surface area (Å²) in [6.07, 6.45) is 1.75. The van der Waals surface area contributed by atoms with E-state index in [-0.39, 0.29) is 5.92 Å². The Morgan fingerprint density at radius 1 is 1.50 bits per heavy atom. The third-order valence-corrected chi connectivity index (χ3v) is 2.95. The van der Waals surface area contributed by atoms with Crippen LogP contribution in [0.25, 0.3) is 0 Å². The fraction of sp³-hybridized carbons (Fsp3) is 0.357. The van der Waals surface area contributed by atoms with Crippen molar-refractivity contribution in [3.63, 3.8) is 0 Å². The molecule has 0 radical (unpaired) electrons. The fourth-order valence-corrected chi connectivity index (χ4v) is 1.95. The number of nitrogens with one attached hydrogen (secondary N) is 1. The number of ether oxygens (including phenoxy) is 1. The molecule has 1 heterocycles. The molecule has 0 spiro atoms. The van der Waals surface area contributed by atoms with Crippen molar-refractivity contribution in [2.45, 2.75) is 26.7 Å². The van der Waals surface area contributed by atoms with Crippen molar-refractivity contribution in [3.8, 4) is 5.75 Å². The van der Waals surface area contributed by atoms with E-state index in [1.807, 2.05) is 45.0 Å². The molecule has 106 valence electrons. The van der Waals surface area contributed by atoms with E-state index in [0.29, 0.717) is 11.4 Å². The molecule has 5 nitrogen and oxygen atoms in total. The number of aromatic amines is 1. The number of H-pyrrole nitrogens is 1. The highest BCUT2D eigenvalue weighted by Crippen LogP contribution is 2.13. The molecule has 0 aliphatic carbocycles. The second-order valence-corrected chi connectivity index (χ2v) is 4.99. The summed E-state index contributed by atoms with van der Waals surface area (Å²) in [5.41, 5.74) is 0.953. The van der Waals surface area contributed by atoms with Crippen LogP contribution in [0.1, 0.15) is 38.1 Å². The first-order valence-corrected chi connectivity index (χ1v) is 6.97. The predicted molar refractivity (Wildman–Crippen MR) is 82.1 cm³/mol. The van der Waals surface area contributed by atoms with Crippen molar-refractivity contribution in [3.05, 3.63) is 40.4 Å². The molecule has 0 saturated heterocycles. The van der Waals surface area contributed by atoms with E-state index in [2.05, 4.69) is 15.3 Å². The van der Waals surface area contributed by atoms with E-state index in [1.54, 1.807) is 10.9 Å². The molecule has 2 aromatic rings. The van der Waals surface area contributed by atoms with Gasteiger partial charge < -0.3 is 4.74 Å². The van der Waals surface area contributed by atoms with Gasteiger partial charge in [-0.1, -0.05) is 26.0 Å². The van der Waals surface area contributed by atoms with Crippen molar-refractivity contribution >= 4 is 18.4 Å². The van der Waals surface area contributed by atoms with Crippen molar-refractivity contribution in [2.24, 2.45) is 5.10 Å². The first-order chi connectivity index (χ1) is 9.61. The number of hydrogen-bond acceptors (Lipinski definition) is 4. The lowest BCUT2D eigenvalue weighted by molar-refractivity contribution is 0.340. The molecule has 0 saturated carbocycles. The van der Waals surface area contributed by atoms with Crippen LogP contribution in [0.2, 0.25) is 0 Å². The first kappa shape index (κ1) is 14.5. The SMILES string of the molecule is CCOc1cccc(/C=N\n2c(C(C)C)n[nH]c2=S)c1. The molecule has 0 amide bonds. The number of aromatic nitrogens is 3. The average molecular weight is 290 g/mol. The summed E-state index contributed by atoms with van der Waals surface area (Å²) >= 11 is 5.18. The van der Waals surface area contributed by atoms with E-state index in [4.69, 9.17) is 17.0 Å². The van der Waals surface area contributed by atoms with Crippen molar-refractivity contribution in [1.29, 1.82) is 0 Å². The Labute approximate surface area is 123 Å². The van der Waals surface area contributed by atoms with Crippen LogP contribution >= 0.6 is 12.2 Å². The lowest BCUT2D eigenvalue weighted by Crippen LogP contribution is -2.01. The second kappa shape index (κ2) is 6.47. The molecule has 0 bridgehead atoms. The Morgan fingerprint density at radius 2 is 2.30 bits per heavy atom. The molecule has 1 aromatic carbocycles. The van der Waals surface area contributed by atoms with Gasteiger partial charge in [0.2, 0.25) is 4.77 Å². The number of nitrogens with zero attached hydrogens (tertiary/aromatic N) is 3. The molecule has 0 aliphatic heterocycles. The fourth-order valence-electron chi connectivity index (χ4n) is 1.76. The zero-order chi connectivity index (χ0) is 14.5. The van der Waals surface area contributed by atoms with E-state index in [0.717, 1.165) is 17.1 Å². The first-order valence-electron chi connectivity index (χ1n) is 6.56. The Bertz CT molecular complexity index is 657. The third kappa shape index (κ3) is 3.33. The standard InChI is InChI=1S/C14H18N4OS/c1-4-19-12-7-5-6-11(8-12)9-15-18-13(10(2)3)16-17-14(18)20/h5-10H,4H2,1-3H3,(H,17,20)/b15-9-. The maximum Gasteiger partial charge on any atom is 0.216 e. The van der Waals surface area contributed by atoms with Crippen molar-refractivity contribution in [1.82, 2.24) is 14.9 Å². The van der Waals surface area contributed by atoms with Crippen molar-refractivity contribution in [2.75, 3.05) is 6.61 Å². The van der Waals surface area contributed by atoms with Crippen LogP contribution in [0, 0.1) is 4.77 Å². The van der Waals surface area contributed by atoms with Crippen LogP contribution in [0.15, 0.2) is 29.4 Å². The molecule has 6 heteroatoms. The van der Waals surface area contributed by atoms with Crippen LogP contribution < -0.4 is 4.74 Å². The summed E-state index contributed by atoms with van der Waals surface area (Å²) < 4.78 is 7.60. The van der Waals surface area contributed by atoms with Gasteiger partial charge in [-0.05, 0) is 36.8 Å². The Balaban J connectivity index is 2.27. The highest BCUT2D eigenvalue weighted by atomic mass is 32.1. The Hall–Kier alpha value is -1.95. The molecule has 20 heavy (non-hydrogen) atoms. The molecule has 0 atom stereocenters. The normalized spacial score (nSPS) is 11.4. The van der Waals surface area contributed by atoms with Crippen molar-refractivity contribution < 1.29 is 4.74 Å². The Kier molecular flexibility index (Phi) is 4.68. The molecular formula is C14H18N4OS. The summed E-state index contributed by atoms with van der Waals surface area (Å²) in [4.78, 5) is 0. The lowest BCUT2D eigenvalue weighted by Gasteiger charge is -2.04. The van der Waals surface area contributed by atoms with E-state index in [9.17, 15) is 0 Å². The molecule has 0 aliphatic rings. The summed E-state index contributed by atoms with van der Waals surface area (Å²) in [6, 6.07) is 7.75. The number of rotatable bonds is 5. The van der Waals surface area contributed by atoms with E-state index >= 15 is 0 Å². The molecule has 1 aromatic heterocycles. The highest BCUT2D eigenvalue weighted by Gasteiger charge is 2.08. The van der Waals surface area contributed by atoms with Gasteiger partial charge in [-0.25, -0.2) is 0 Å². The maximum absolute atomic E-state index is 5.46. The zero-order valence-electron chi connectivity index (χ0n) is 11.8. The highest BCUT2D eigenvalue weighted by molar-refractivity contribution is 7.71. The molecule has 2 rings (SSSR count). The quantitative estimate of drug-likeness (QED) is 0.678. The lowest BCUT2D eigenvalue weighted by atomic mass is 10.2. The van der Waals surface area contributed by atoms with Crippen LogP contribution in [-0.4, -0.2) is 27.7 Å². The summed E-state index contributed by atoms with van der Waals surface area (Å²) in [7, 11) is 0. The minimum atomic E-state index is 0.245. The minimum absolute atomic E-state index is 0.245. The molecule has 0 fully saturated rings. The van der Waals surface area contributed by atoms with Gasteiger partial charge >= 0.3 is 0 Å². The van der Waals surface area contributed by atoms with Gasteiger partial charge in [-0.2, -0.15) is 14.9 Å². The van der Waals surface area contributed by atoms with Crippen LogP contribution in [0.3, 0.4) is 0 Å². The van der Waals surface area contributed by atoms with Gasteiger partial charge in [0.15, 0.2) is 5.82 Å². The largest absolute Gasteiger partial charge is 0.494 e. The molecule has 1 N–H and O–H groups in total. The number of benzene rings is 1. The smallest absolute Gasteiger partial charge is 0.216 e. The van der Waals surface area contributed by atoms with Gasteiger partial charge in [-0.15, -0.1) is 0 Å². The summed E-state index contributed by atoms with van der Waals surface area (Å²) in [5.74, 6) is 1.89.